The Morgan fingerprint density at radius 3 is 2.45 bits per heavy atom. The largest absolute Gasteiger partial charge is 0.348 e. The number of amides is 1. The van der Waals surface area contributed by atoms with Crippen molar-refractivity contribution in [3.8, 4) is 5.69 Å². The fraction of sp³-hybridized carbons (Fsp3) is 0. The molecule has 0 aliphatic heterocycles. The average molecular weight is 315 g/mol. The lowest BCUT2D eigenvalue weighted by atomic mass is 10.3. The van der Waals surface area contributed by atoms with Crippen molar-refractivity contribution in [1.29, 1.82) is 0 Å². The number of hydrogen-bond acceptors (Lipinski definition) is 3. The van der Waals surface area contributed by atoms with Crippen molar-refractivity contribution in [2.75, 3.05) is 5.32 Å². The van der Waals surface area contributed by atoms with Gasteiger partial charge in [0.15, 0.2) is 0 Å². The number of anilines is 1. The molecule has 22 heavy (non-hydrogen) atoms. The van der Waals surface area contributed by atoms with Crippen molar-refractivity contribution in [3.05, 3.63) is 75.9 Å². The summed E-state index contributed by atoms with van der Waals surface area (Å²) in [5.41, 5.74) is 0.659. The monoisotopic (exact) mass is 314 g/mol. The molecule has 3 rings (SSSR count). The Labute approximate surface area is 130 Å². The molecule has 2 aromatic carbocycles. The molecule has 1 amide bonds. The molecular weight excluding hydrogens is 304 g/mol. The highest BCUT2D eigenvalue weighted by atomic mass is 35.5. The molecule has 0 saturated carbocycles. The molecule has 0 radical (unpaired) electrons. The highest BCUT2D eigenvalue weighted by molar-refractivity contribution is 6.30. The minimum Gasteiger partial charge on any atom is -0.319 e. The number of benzene rings is 2. The van der Waals surface area contributed by atoms with Crippen LogP contribution in [0, 0.1) is 0 Å². The van der Waals surface area contributed by atoms with E-state index >= 15 is 0 Å². The summed E-state index contributed by atoms with van der Waals surface area (Å²) in [6, 6.07) is 15.5. The van der Waals surface area contributed by atoms with E-state index in [-0.39, 0.29) is 5.82 Å². The third-order valence-corrected chi connectivity index (χ3v) is 3.19. The molecule has 0 spiro atoms. The summed E-state index contributed by atoms with van der Waals surface area (Å²) >= 11 is 5.78. The molecule has 0 fully saturated rings. The van der Waals surface area contributed by atoms with Gasteiger partial charge in [-0.1, -0.05) is 29.8 Å². The minimum atomic E-state index is -0.505. The van der Waals surface area contributed by atoms with Gasteiger partial charge in [-0.2, -0.15) is 4.68 Å². The van der Waals surface area contributed by atoms with Gasteiger partial charge in [0, 0.05) is 10.7 Å². The molecule has 0 atom stereocenters. The molecule has 0 saturated heterocycles. The Morgan fingerprint density at radius 1 is 1.09 bits per heavy atom. The van der Waals surface area contributed by atoms with E-state index in [9.17, 15) is 9.59 Å². The van der Waals surface area contributed by atoms with Crippen molar-refractivity contribution >= 4 is 23.2 Å². The first-order chi connectivity index (χ1) is 10.6. The van der Waals surface area contributed by atoms with Crippen LogP contribution in [0.1, 0.15) is 10.6 Å². The van der Waals surface area contributed by atoms with Crippen LogP contribution >= 0.6 is 11.6 Å². The van der Waals surface area contributed by atoms with Crippen molar-refractivity contribution in [1.82, 2.24) is 14.8 Å². The number of aromatic nitrogens is 3. The van der Waals surface area contributed by atoms with Crippen LogP contribution < -0.4 is 11.0 Å². The highest BCUT2D eigenvalue weighted by Gasteiger charge is 2.14. The summed E-state index contributed by atoms with van der Waals surface area (Å²) in [6.45, 7) is 0. The molecule has 6 nitrogen and oxygen atoms in total. The predicted molar refractivity (Wildman–Crippen MR) is 83.6 cm³/mol. The van der Waals surface area contributed by atoms with Crippen LogP contribution in [0.3, 0.4) is 0 Å². The fourth-order valence-corrected chi connectivity index (χ4v) is 2.02. The zero-order chi connectivity index (χ0) is 15.5. The topological polar surface area (TPSA) is 79.8 Å². The Morgan fingerprint density at radius 2 is 1.77 bits per heavy atom. The van der Waals surface area contributed by atoms with Gasteiger partial charge >= 0.3 is 5.69 Å². The van der Waals surface area contributed by atoms with Crippen molar-refractivity contribution in [3.63, 3.8) is 0 Å². The van der Waals surface area contributed by atoms with Crippen molar-refractivity contribution in [2.24, 2.45) is 0 Å². The van der Waals surface area contributed by atoms with Gasteiger partial charge in [-0.3, -0.25) is 9.78 Å². The summed E-state index contributed by atoms with van der Waals surface area (Å²) in [7, 11) is 0. The lowest BCUT2D eigenvalue weighted by Crippen LogP contribution is -2.15. The van der Waals surface area contributed by atoms with E-state index in [0.717, 1.165) is 4.68 Å². The molecule has 7 heteroatoms. The standard InChI is InChI=1S/C15H11ClN4O2/c16-10-6-8-11(9-7-10)17-14(21)13-18-15(22)20(19-13)12-4-2-1-3-5-12/h1-9H,(H,17,21)(H,18,19,22). The van der Waals surface area contributed by atoms with E-state index in [1.54, 1.807) is 48.5 Å². The molecule has 0 bridgehead atoms. The second kappa shape index (κ2) is 5.87. The predicted octanol–water partition coefficient (Wildman–Crippen LogP) is 2.47. The molecule has 110 valence electrons. The van der Waals surface area contributed by atoms with Crippen LogP contribution in [-0.4, -0.2) is 20.7 Å². The van der Waals surface area contributed by atoms with Gasteiger partial charge in [0.05, 0.1) is 5.69 Å². The van der Waals surface area contributed by atoms with Gasteiger partial charge in [0.1, 0.15) is 0 Å². The summed E-state index contributed by atoms with van der Waals surface area (Å²) < 4.78 is 1.14. The number of nitrogens with one attached hydrogen (secondary N) is 2. The van der Waals surface area contributed by atoms with Gasteiger partial charge in [-0.15, -0.1) is 5.10 Å². The smallest absolute Gasteiger partial charge is 0.319 e. The number of aromatic amines is 1. The maximum atomic E-state index is 12.1. The molecule has 0 aliphatic carbocycles. The second-order valence-corrected chi connectivity index (χ2v) is 4.92. The van der Waals surface area contributed by atoms with Gasteiger partial charge in [0.25, 0.3) is 5.91 Å². The van der Waals surface area contributed by atoms with Crippen LogP contribution in [0.15, 0.2) is 59.4 Å². The Bertz CT molecular complexity index is 853. The first-order valence-corrected chi connectivity index (χ1v) is 6.83. The highest BCUT2D eigenvalue weighted by Crippen LogP contribution is 2.13. The first-order valence-electron chi connectivity index (χ1n) is 6.45. The summed E-state index contributed by atoms with van der Waals surface area (Å²) in [5, 5.41) is 7.21. The van der Waals surface area contributed by atoms with Crippen molar-refractivity contribution < 1.29 is 4.79 Å². The zero-order valence-electron chi connectivity index (χ0n) is 11.3. The Balaban J connectivity index is 1.85. The van der Waals surface area contributed by atoms with Crippen LogP contribution in [-0.2, 0) is 0 Å². The molecule has 2 N–H and O–H groups in total. The number of carbonyl (C=O) groups excluding carboxylic acids is 1. The molecule has 0 aliphatic rings. The number of hydrogen-bond donors (Lipinski definition) is 2. The summed E-state index contributed by atoms with van der Waals surface area (Å²) in [4.78, 5) is 26.4. The fourth-order valence-electron chi connectivity index (χ4n) is 1.89. The third-order valence-electron chi connectivity index (χ3n) is 2.94. The summed E-state index contributed by atoms with van der Waals surface area (Å²) in [5.74, 6) is -0.571. The number of para-hydroxylation sites is 1. The van der Waals surface area contributed by atoms with Crippen LogP contribution in [0.4, 0.5) is 5.69 Å². The Hall–Kier alpha value is -2.86. The molecule has 1 heterocycles. The second-order valence-electron chi connectivity index (χ2n) is 4.49. The van der Waals surface area contributed by atoms with E-state index in [0.29, 0.717) is 16.4 Å². The number of H-pyrrole nitrogens is 1. The van der Waals surface area contributed by atoms with Gasteiger partial charge in [-0.05, 0) is 36.4 Å². The lowest BCUT2D eigenvalue weighted by Gasteiger charge is -2.02. The number of halogens is 1. The lowest BCUT2D eigenvalue weighted by molar-refractivity contribution is 0.101. The number of carbonyl (C=O) groups is 1. The van der Waals surface area contributed by atoms with Crippen LogP contribution in [0.2, 0.25) is 5.02 Å². The minimum absolute atomic E-state index is 0.0659. The van der Waals surface area contributed by atoms with E-state index in [2.05, 4.69) is 15.4 Å². The summed E-state index contributed by atoms with van der Waals surface area (Å²) in [6.07, 6.45) is 0. The van der Waals surface area contributed by atoms with Gasteiger partial charge in [0.2, 0.25) is 5.82 Å². The maximum absolute atomic E-state index is 12.1. The molecule has 1 aromatic heterocycles. The third kappa shape index (κ3) is 2.91. The number of rotatable bonds is 3. The van der Waals surface area contributed by atoms with E-state index in [4.69, 9.17) is 11.6 Å². The zero-order valence-corrected chi connectivity index (χ0v) is 12.0. The average Bonchev–Trinajstić information content (AvgIpc) is 2.92. The van der Waals surface area contributed by atoms with Crippen LogP contribution in [0.5, 0.6) is 0 Å². The van der Waals surface area contributed by atoms with Crippen molar-refractivity contribution in [2.45, 2.75) is 0 Å². The first kappa shape index (κ1) is 14.1. The molecule has 3 aromatic rings. The maximum Gasteiger partial charge on any atom is 0.348 e. The van der Waals surface area contributed by atoms with E-state index in [1.807, 2.05) is 6.07 Å². The Kier molecular flexibility index (Phi) is 3.76. The van der Waals surface area contributed by atoms with E-state index < -0.39 is 11.6 Å². The van der Waals surface area contributed by atoms with Gasteiger partial charge < -0.3 is 5.32 Å². The molecule has 0 unspecified atom stereocenters. The quantitative estimate of drug-likeness (QED) is 0.779. The van der Waals surface area contributed by atoms with Crippen LogP contribution in [0.25, 0.3) is 5.69 Å². The number of nitrogens with zero attached hydrogens (tertiary/aromatic N) is 2. The van der Waals surface area contributed by atoms with E-state index in [1.165, 1.54) is 0 Å². The molecular formula is C15H11ClN4O2. The van der Waals surface area contributed by atoms with Gasteiger partial charge in [-0.25, -0.2) is 4.79 Å². The SMILES string of the molecule is O=C(Nc1ccc(Cl)cc1)c1nn(-c2ccccc2)c(=O)[nH]1. The normalized spacial score (nSPS) is 10.4.